The zero-order chi connectivity index (χ0) is 27.9. The fourth-order valence-electron chi connectivity index (χ4n) is 5.91. The van der Waals surface area contributed by atoms with Crippen LogP contribution in [0.3, 0.4) is 0 Å². The van der Waals surface area contributed by atoms with Gasteiger partial charge >= 0.3 is 17.9 Å². The molecule has 1 atom stereocenters. The average Bonchev–Trinajstić information content (AvgIpc) is 3.13. The third kappa shape index (κ3) is 5.84. The molecule has 1 aromatic carbocycles. The zero-order valence-corrected chi connectivity index (χ0v) is 23.0. The quantitative estimate of drug-likeness (QED) is 0.557. The Bertz CT molecular complexity index is 1180. The zero-order valence-electron chi connectivity index (χ0n) is 23.0. The van der Waals surface area contributed by atoms with Crippen molar-refractivity contribution in [2.75, 3.05) is 50.7 Å². The van der Waals surface area contributed by atoms with Crippen molar-refractivity contribution in [1.29, 1.82) is 0 Å². The van der Waals surface area contributed by atoms with E-state index in [1.165, 1.54) is 0 Å². The predicted octanol–water partition coefficient (Wildman–Crippen LogP) is 0.831. The summed E-state index contributed by atoms with van der Waals surface area (Å²) in [6, 6.07) is 4.41. The molecular weight excluding hydrogens is 502 g/mol. The maximum Gasteiger partial charge on any atom is 0.410 e. The monoisotopic (exact) mass is 540 g/mol. The van der Waals surface area contributed by atoms with E-state index in [9.17, 15) is 24.0 Å². The molecule has 0 bridgehead atoms. The summed E-state index contributed by atoms with van der Waals surface area (Å²) in [4.78, 5) is 69.9. The maximum absolute atomic E-state index is 13.2. The molecular formula is C28H38N5O6+. The van der Waals surface area contributed by atoms with Gasteiger partial charge in [0.2, 0.25) is 0 Å². The number of benzene rings is 1. The highest BCUT2D eigenvalue weighted by molar-refractivity contribution is 6.23. The topological polar surface area (TPSA) is 124 Å². The molecule has 3 fully saturated rings. The number of ether oxygens (including phenoxy) is 1. The van der Waals surface area contributed by atoms with E-state index in [2.05, 4.69) is 9.80 Å². The summed E-state index contributed by atoms with van der Waals surface area (Å²) in [6.45, 7) is 11.5. The number of carbonyl (C=O) groups is 5. The molecule has 0 saturated carbocycles. The van der Waals surface area contributed by atoms with Gasteiger partial charge in [0.15, 0.2) is 6.04 Å². The van der Waals surface area contributed by atoms with Gasteiger partial charge in [0.1, 0.15) is 5.60 Å². The Morgan fingerprint density at radius 3 is 2.23 bits per heavy atom. The second kappa shape index (κ2) is 10.7. The summed E-state index contributed by atoms with van der Waals surface area (Å²) in [5, 5.41) is 1.01. The van der Waals surface area contributed by atoms with Crippen LogP contribution in [-0.4, -0.2) is 102 Å². The Kier molecular flexibility index (Phi) is 7.47. The number of piperidine rings is 2. The van der Waals surface area contributed by atoms with E-state index in [4.69, 9.17) is 4.74 Å². The van der Waals surface area contributed by atoms with Crippen molar-refractivity contribution < 1.29 is 34.0 Å². The van der Waals surface area contributed by atoms with Crippen LogP contribution in [0.15, 0.2) is 18.2 Å². The van der Waals surface area contributed by atoms with Crippen LogP contribution in [0.5, 0.6) is 0 Å². The van der Waals surface area contributed by atoms with Crippen molar-refractivity contribution in [3.05, 3.63) is 29.3 Å². The normalized spacial score (nSPS) is 23.5. The van der Waals surface area contributed by atoms with Gasteiger partial charge in [0, 0.05) is 51.5 Å². The Hall–Kier alpha value is -3.31. The smallest absolute Gasteiger partial charge is 0.410 e. The van der Waals surface area contributed by atoms with Crippen LogP contribution in [0.4, 0.5) is 10.5 Å². The average molecular weight is 541 g/mol. The molecule has 0 aliphatic carbocycles. The number of quaternary nitrogens is 1. The number of hydrogen-bond acceptors (Lipinski definition) is 8. The minimum Gasteiger partial charge on any atom is -0.444 e. The summed E-state index contributed by atoms with van der Waals surface area (Å²) >= 11 is 0. The number of imide groups is 2. The van der Waals surface area contributed by atoms with Crippen molar-refractivity contribution in [1.82, 2.24) is 14.7 Å². The van der Waals surface area contributed by atoms with Gasteiger partial charge in [0.05, 0.1) is 17.5 Å². The SMILES string of the molecule is CC(C)(C)OC(=O)N1CCC(CN2CCN(c3ccc4c(c3)C(=O)N(C3CCC(=O)[NH2+]C3=O)C4=O)CC2)CC1. The van der Waals surface area contributed by atoms with E-state index in [-0.39, 0.29) is 24.8 Å². The molecule has 4 heterocycles. The minimum absolute atomic E-state index is 0.155. The highest BCUT2D eigenvalue weighted by Gasteiger charge is 2.47. The van der Waals surface area contributed by atoms with Gasteiger partial charge in [-0.2, -0.15) is 0 Å². The number of fused-ring (bicyclic) bond motifs is 1. The molecule has 2 N–H and O–H groups in total. The van der Waals surface area contributed by atoms with E-state index >= 15 is 0 Å². The molecule has 3 saturated heterocycles. The minimum atomic E-state index is -0.905. The number of hydrogen-bond donors (Lipinski definition) is 1. The van der Waals surface area contributed by atoms with Gasteiger partial charge in [0.25, 0.3) is 11.8 Å². The second-order valence-corrected chi connectivity index (χ2v) is 12.0. The fourth-order valence-corrected chi connectivity index (χ4v) is 5.91. The van der Waals surface area contributed by atoms with E-state index < -0.39 is 29.4 Å². The molecule has 11 nitrogen and oxygen atoms in total. The number of likely N-dealkylation sites (tertiary alicyclic amines) is 1. The molecule has 0 spiro atoms. The van der Waals surface area contributed by atoms with E-state index in [1.54, 1.807) is 12.1 Å². The van der Waals surface area contributed by atoms with Crippen LogP contribution in [0.1, 0.15) is 67.2 Å². The first-order valence-corrected chi connectivity index (χ1v) is 13.9. The summed E-state index contributed by atoms with van der Waals surface area (Å²) in [6.07, 6.45) is 2.03. The van der Waals surface area contributed by atoms with Crippen molar-refractivity contribution >= 4 is 35.4 Å². The van der Waals surface area contributed by atoms with Crippen molar-refractivity contribution in [3.8, 4) is 0 Å². The standard InChI is InChI=1S/C28H37N5O6/c1-28(2,3)39-27(38)32-10-8-18(9-11-32)17-30-12-14-31(15-13-30)19-4-5-20-21(16-19)26(37)33(25(20)36)22-6-7-23(34)29-24(22)35/h4-5,16,18,22H,6-15,17H2,1-3H3,(H,29,34,35)/p+1. The molecule has 0 aromatic heterocycles. The van der Waals surface area contributed by atoms with Gasteiger partial charge < -0.3 is 14.5 Å². The highest BCUT2D eigenvalue weighted by Crippen LogP contribution is 2.31. The number of carbonyl (C=O) groups excluding carboxylic acids is 5. The first-order chi connectivity index (χ1) is 18.5. The Labute approximate surface area is 228 Å². The predicted molar refractivity (Wildman–Crippen MR) is 141 cm³/mol. The second-order valence-electron chi connectivity index (χ2n) is 12.0. The third-order valence-electron chi connectivity index (χ3n) is 8.03. The lowest BCUT2D eigenvalue weighted by Crippen LogP contribution is -2.96. The van der Waals surface area contributed by atoms with Gasteiger partial charge in [-0.1, -0.05) is 0 Å². The third-order valence-corrected chi connectivity index (χ3v) is 8.03. The lowest BCUT2D eigenvalue weighted by atomic mass is 9.96. The summed E-state index contributed by atoms with van der Waals surface area (Å²) < 4.78 is 5.50. The lowest BCUT2D eigenvalue weighted by molar-refractivity contribution is -0.495. The van der Waals surface area contributed by atoms with Crippen LogP contribution in [-0.2, 0) is 14.3 Å². The van der Waals surface area contributed by atoms with Crippen LogP contribution in [0.25, 0.3) is 0 Å². The van der Waals surface area contributed by atoms with Crippen LogP contribution < -0.4 is 10.2 Å². The van der Waals surface area contributed by atoms with Gasteiger partial charge in [-0.05, 0) is 64.2 Å². The Morgan fingerprint density at radius 2 is 1.59 bits per heavy atom. The summed E-state index contributed by atoms with van der Waals surface area (Å²) in [7, 11) is 0. The molecule has 39 heavy (non-hydrogen) atoms. The van der Waals surface area contributed by atoms with E-state index in [0.29, 0.717) is 17.0 Å². The molecule has 4 aliphatic rings. The number of amides is 5. The molecule has 4 aliphatic heterocycles. The van der Waals surface area contributed by atoms with Crippen molar-refractivity contribution in [2.24, 2.45) is 5.92 Å². The Balaban J connectivity index is 1.13. The van der Waals surface area contributed by atoms with Crippen LogP contribution in [0.2, 0.25) is 0 Å². The Morgan fingerprint density at radius 1 is 0.923 bits per heavy atom. The highest BCUT2D eigenvalue weighted by atomic mass is 16.6. The van der Waals surface area contributed by atoms with Gasteiger partial charge in [-0.25, -0.2) is 19.7 Å². The molecule has 1 aromatic rings. The van der Waals surface area contributed by atoms with Crippen molar-refractivity contribution in [3.63, 3.8) is 0 Å². The fraction of sp³-hybridized carbons (Fsp3) is 0.607. The van der Waals surface area contributed by atoms with Crippen LogP contribution >= 0.6 is 0 Å². The van der Waals surface area contributed by atoms with Gasteiger partial charge in [-0.15, -0.1) is 0 Å². The number of anilines is 1. The van der Waals surface area contributed by atoms with Crippen molar-refractivity contribution in [2.45, 2.75) is 58.1 Å². The van der Waals surface area contributed by atoms with E-state index in [0.717, 1.165) is 74.6 Å². The first kappa shape index (κ1) is 27.3. The number of primary amides is 2. The largest absolute Gasteiger partial charge is 0.444 e. The summed E-state index contributed by atoms with van der Waals surface area (Å²) in [5.74, 6) is -1.13. The van der Waals surface area contributed by atoms with E-state index in [1.807, 2.05) is 31.7 Å². The molecule has 11 heteroatoms. The number of piperazine rings is 1. The molecule has 1 unspecified atom stereocenters. The van der Waals surface area contributed by atoms with Crippen LogP contribution in [0, 0.1) is 5.92 Å². The first-order valence-electron chi connectivity index (χ1n) is 13.9. The molecule has 5 amide bonds. The number of nitrogens with zero attached hydrogens (tertiary/aromatic N) is 4. The number of nitrogens with two attached hydrogens (primary N) is 1. The van der Waals surface area contributed by atoms with Gasteiger partial charge in [-0.3, -0.25) is 19.4 Å². The lowest BCUT2D eigenvalue weighted by Gasteiger charge is -2.39. The maximum atomic E-state index is 13.2. The number of rotatable bonds is 4. The molecule has 210 valence electrons. The molecule has 5 rings (SSSR count). The molecule has 0 radical (unpaired) electrons. The summed E-state index contributed by atoms with van der Waals surface area (Å²) in [5.41, 5.74) is 1.04.